The van der Waals surface area contributed by atoms with Crippen LogP contribution in [0.15, 0.2) is 30.3 Å². The van der Waals surface area contributed by atoms with Gasteiger partial charge in [0.2, 0.25) is 5.78 Å². The topological polar surface area (TPSA) is 71.3 Å². The van der Waals surface area contributed by atoms with Crippen molar-refractivity contribution in [3.63, 3.8) is 0 Å². The predicted molar refractivity (Wildman–Crippen MR) is 110 cm³/mol. The van der Waals surface area contributed by atoms with E-state index in [1.807, 2.05) is 0 Å². The summed E-state index contributed by atoms with van der Waals surface area (Å²) in [4.78, 5) is 26.1. The summed E-state index contributed by atoms with van der Waals surface area (Å²) in [5.41, 5.74) is 0.874. The quantitative estimate of drug-likeness (QED) is 0.759. The number of nitrogens with one attached hydrogen (secondary N) is 1. The molecule has 1 aromatic heterocycles. The molecule has 0 aliphatic heterocycles. The number of ketones is 1. The second-order valence-corrected chi connectivity index (χ2v) is 9.62. The molecule has 1 amide bonds. The lowest BCUT2D eigenvalue weighted by Crippen LogP contribution is -2.61. The lowest BCUT2D eigenvalue weighted by molar-refractivity contribution is -0.137. The number of rotatable bonds is 4. The standard InChI is InChI=1S/C24H27FN2O3/c1-13-7-19(22(28)17-5-3-4-6-18(17)25)27(2)21(13)23(29)26-20-15-8-14-9-16(20)12-24(30,10-14)11-15/h3-7,14-16,20,30H,8-12H2,1-2H3,(H,26,29). The average molecular weight is 410 g/mol. The van der Waals surface area contributed by atoms with Gasteiger partial charge in [-0.25, -0.2) is 4.39 Å². The van der Waals surface area contributed by atoms with Crippen LogP contribution in [0.5, 0.6) is 0 Å². The highest BCUT2D eigenvalue weighted by atomic mass is 19.1. The van der Waals surface area contributed by atoms with Crippen molar-refractivity contribution in [3.8, 4) is 0 Å². The Bertz CT molecular complexity index is 1030. The summed E-state index contributed by atoms with van der Waals surface area (Å²) in [6.45, 7) is 1.80. The summed E-state index contributed by atoms with van der Waals surface area (Å²) in [5, 5.41) is 14.0. The lowest BCUT2D eigenvalue weighted by atomic mass is 9.52. The van der Waals surface area contributed by atoms with Crippen LogP contribution in [-0.4, -0.2) is 33.0 Å². The Hall–Kier alpha value is -2.47. The Morgan fingerprint density at radius 2 is 1.83 bits per heavy atom. The first kappa shape index (κ1) is 19.5. The Balaban J connectivity index is 1.40. The molecule has 2 N–H and O–H groups in total. The lowest BCUT2D eigenvalue weighted by Gasteiger charge is -2.58. The number of aliphatic hydroxyl groups is 1. The van der Waals surface area contributed by atoms with Crippen LogP contribution in [0.1, 0.15) is 64.2 Å². The second-order valence-electron chi connectivity index (χ2n) is 9.62. The third-order valence-corrected chi connectivity index (χ3v) is 7.53. The molecule has 0 saturated heterocycles. The van der Waals surface area contributed by atoms with Gasteiger partial charge in [0.25, 0.3) is 5.91 Å². The zero-order valence-electron chi connectivity index (χ0n) is 17.3. The van der Waals surface area contributed by atoms with E-state index in [1.54, 1.807) is 36.7 Å². The maximum atomic E-state index is 14.1. The van der Waals surface area contributed by atoms with E-state index in [9.17, 15) is 19.1 Å². The number of amides is 1. The van der Waals surface area contributed by atoms with E-state index in [-0.39, 0.29) is 17.5 Å². The third-order valence-electron chi connectivity index (χ3n) is 7.53. The van der Waals surface area contributed by atoms with Crippen LogP contribution in [0.3, 0.4) is 0 Å². The van der Waals surface area contributed by atoms with E-state index in [0.29, 0.717) is 34.7 Å². The minimum Gasteiger partial charge on any atom is -0.390 e. The van der Waals surface area contributed by atoms with Crippen LogP contribution in [0.2, 0.25) is 0 Å². The van der Waals surface area contributed by atoms with Crippen molar-refractivity contribution in [1.29, 1.82) is 0 Å². The highest BCUT2D eigenvalue weighted by molar-refractivity contribution is 6.09. The van der Waals surface area contributed by atoms with Crippen molar-refractivity contribution in [2.75, 3.05) is 0 Å². The molecule has 5 nitrogen and oxygen atoms in total. The number of benzene rings is 1. The van der Waals surface area contributed by atoms with Gasteiger partial charge >= 0.3 is 0 Å². The first-order valence-corrected chi connectivity index (χ1v) is 10.7. The molecule has 1 heterocycles. The van der Waals surface area contributed by atoms with Gasteiger partial charge in [0, 0.05) is 13.1 Å². The zero-order valence-corrected chi connectivity index (χ0v) is 17.3. The van der Waals surface area contributed by atoms with Crippen LogP contribution in [0.25, 0.3) is 0 Å². The first-order chi connectivity index (χ1) is 14.3. The fourth-order valence-corrected chi connectivity index (χ4v) is 6.52. The van der Waals surface area contributed by atoms with Crippen LogP contribution in [-0.2, 0) is 7.05 Å². The Labute approximate surface area is 175 Å². The first-order valence-electron chi connectivity index (χ1n) is 10.7. The van der Waals surface area contributed by atoms with Crippen molar-refractivity contribution >= 4 is 11.7 Å². The molecule has 6 heteroatoms. The number of hydrogen-bond donors (Lipinski definition) is 2. The highest BCUT2D eigenvalue weighted by Gasteiger charge is 2.55. The minimum absolute atomic E-state index is 0.000611. The van der Waals surface area contributed by atoms with Crippen molar-refractivity contribution in [2.24, 2.45) is 24.8 Å². The molecule has 4 saturated carbocycles. The molecule has 2 atom stereocenters. The van der Waals surface area contributed by atoms with E-state index in [4.69, 9.17) is 0 Å². The molecule has 0 radical (unpaired) electrons. The zero-order chi connectivity index (χ0) is 21.2. The number of nitrogens with zero attached hydrogens (tertiary/aromatic N) is 1. The largest absolute Gasteiger partial charge is 0.390 e. The molecule has 4 aliphatic rings. The molecule has 0 spiro atoms. The molecular weight excluding hydrogens is 383 g/mol. The fraction of sp³-hybridized carbons (Fsp3) is 0.500. The van der Waals surface area contributed by atoms with Gasteiger partial charge in [0.1, 0.15) is 11.5 Å². The summed E-state index contributed by atoms with van der Waals surface area (Å²) >= 11 is 0. The number of hydrogen-bond acceptors (Lipinski definition) is 3. The van der Waals surface area contributed by atoms with Gasteiger partial charge < -0.3 is 15.0 Å². The Kier molecular flexibility index (Phi) is 4.40. The monoisotopic (exact) mass is 410 g/mol. The van der Waals surface area contributed by atoms with Crippen molar-refractivity contribution in [2.45, 2.75) is 50.7 Å². The van der Waals surface area contributed by atoms with Crippen molar-refractivity contribution in [1.82, 2.24) is 9.88 Å². The highest BCUT2D eigenvalue weighted by Crippen LogP contribution is 2.55. The van der Waals surface area contributed by atoms with E-state index >= 15 is 0 Å². The van der Waals surface area contributed by atoms with Gasteiger partial charge in [-0.05, 0) is 80.5 Å². The predicted octanol–water partition coefficient (Wildman–Crippen LogP) is 3.37. The Morgan fingerprint density at radius 1 is 1.17 bits per heavy atom. The van der Waals surface area contributed by atoms with E-state index in [0.717, 1.165) is 32.1 Å². The Morgan fingerprint density at radius 3 is 2.47 bits per heavy atom. The molecule has 4 aliphatic carbocycles. The van der Waals surface area contributed by atoms with Gasteiger partial charge in [-0.1, -0.05) is 12.1 Å². The molecular formula is C24H27FN2O3. The maximum Gasteiger partial charge on any atom is 0.268 e. The van der Waals surface area contributed by atoms with E-state index in [2.05, 4.69) is 5.32 Å². The SMILES string of the molecule is Cc1cc(C(=O)c2ccccc2F)n(C)c1C(=O)NC1C2CC3CC1CC(O)(C3)C2. The molecule has 1 aromatic carbocycles. The average Bonchev–Trinajstić information content (AvgIpc) is 2.97. The number of aromatic nitrogens is 1. The van der Waals surface area contributed by atoms with Crippen LogP contribution >= 0.6 is 0 Å². The maximum absolute atomic E-state index is 14.1. The van der Waals surface area contributed by atoms with Gasteiger partial charge in [-0.15, -0.1) is 0 Å². The molecule has 6 rings (SSSR count). The summed E-state index contributed by atoms with van der Waals surface area (Å²) in [6, 6.07) is 7.61. The van der Waals surface area contributed by atoms with Gasteiger partial charge in [0.15, 0.2) is 0 Å². The van der Waals surface area contributed by atoms with E-state index in [1.165, 1.54) is 12.1 Å². The number of halogens is 1. The summed E-state index contributed by atoms with van der Waals surface area (Å²) in [7, 11) is 1.68. The number of carbonyl (C=O) groups excluding carboxylic acids is 2. The fourth-order valence-electron chi connectivity index (χ4n) is 6.52. The summed E-state index contributed by atoms with van der Waals surface area (Å²) in [5.74, 6) is -0.0153. The van der Waals surface area contributed by atoms with Gasteiger partial charge in [-0.3, -0.25) is 9.59 Å². The van der Waals surface area contributed by atoms with E-state index < -0.39 is 17.2 Å². The number of carbonyl (C=O) groups is 2. The van der Waals surface area contributed by atoms with Gasteiger partial charge in [0.05, 0.1) is 16.9 Å². The summed E-state index contributed by atoms with van der Waals surface area (Å²) < 4.78 is 15.7. The number of aryl methyl sites for hydroxylation is 1. The second kappa shape index (κ2) is 6.77. The molecule has 30 heavy (non-hydrogen) atoms. The van der Waals surface area contributed by atoms with Gasteiger partial charge in [-0.2, -0.15) is 0 Å². The normalized spacial score (nSPS) is 31.7. The van der Waals surface area contributed by atoms with Crippen LogP contribution in [0, 0.1) is 30.5 Å². The summed E-state index contributed by atoms with van der Waals surface area (Å²) in [6.07, 6.45) is 4.54. The van der Waals surface area contributed by atoms with Crippen LogP contribution in [0.4, 0.5) is 4.39 Å². The molecule has 4 bridgehead atoms. The van der Waals surface area contributed by atoms with Crippen LogP contribution < -0.4 is 5.32 Å². The van der Waals surface area contributed by atoms with Crippen molar-refractivity contribution < 1.29 is 19.1 Å². The molecule has 2 unspecified atom stereocenters. The third kappa shape index (κ3) is 3.00. The molecule has 2 aromatic rings. The van der Waals surface area contributed by atoms with Crippen molar-refractivity contribution in [3.05, 3.63) is 58.7 Å². The minimum atomic E-state index is -0.570. The molecule has 158 valence electrons. The smallest absolute Gasteiger partial charge is 0.268 e. The molecule has 4 fully saturated rings.